The maximum atomic E-state index is 5.66. The van der Waals surface area contributed by atoms with E-state index in [1.54, 1.807) is 6.20 Å². The van der Waals surface area contributed by atoms with Crippen molar-refractivity contribution in [1.82, 2.24) is 4.98 Å². The molecule has 17 heavy (non-hydrogen) atoms. The summed E-state index contributed by atoms with van der Waals surface area (Å²) in [6.07, 6.45) is 7.59. The second-order valence-corrected chi connectivity index (χ2v) is 5.77. The maximum absolute atomic E-state index is 5.66. The summed E-state index contributed by atoms with van der Waals surface area (Å²) in [4.78, 5) is 6.67. The zero-order chi connectivity index (χ0) is 11.8. The van der Waals surface area contributed by atoms with Crippen molar-refractivity contribution in [3.05, 3.63) is 18.3 Å². The second kappa shape index (κ2) is 4.21. The number of anilines is 2. The van der Waals surface area contributed by atoms with Gasteiger partial charge in [0, 0.05) is 13.6 Å². The lowest BCUT2D eigenvalue weighted by Crippen LogP contribution is -2.29. The number of hydrogen-bond acceptors (Lipinski definition) is 3. The van der Waals surface area contributed by atoms with Gasteiger partial charge in [-0.3, -0.25) is 0 Å². The van der Waals surface area contributed by atoms with Crippen LogP contribution in [0.4, 0.5) is 11.5 Å². The van der Waals surface area contributed by atoms with Gasteiger partial charge >= 0.3 is 0 Å². The van der Waals surface area contributed by atoms with Crippen molar-refractivity contribution in [2.24, 2.45) is 17.8 Å². The Labute approximate surface area is 103 Å². The summed E-state index contributed by atoms with van der Waals surface area (Å²) in [5.41, 5.74) is 6.40. The first-order valence-corrected chi connectivity index (χ1v) is 6.65. The van der Waals surface area contributed by atoms with Gasteiger partial charge in [0.05, 0.1) is 11.9 Å². The lowest BCUT2D eigenvalue weighted by Gasteiger charge is -2.27. The van der Waals surface area contributed by atoms with Gasteiger partial charge in [0.1, 0.15) is 5.82 Å². The Bertz CT molecular complexity index is 387. The molecule has 3 rings (SSSR count). The van der Waals surface area contributed by atoms with Gasteiger partial charge < -0.3 is 10.6 Å². The van der Waals surface area contributed by atoms with Crippen molar-refractivity contribution in [1.29, 1.82) is 0 Å². The van der Waals surface area contributed by atoms with E-state index in [9.17, 15) is 0 Å². The first kappa shape index (κ1) is 10.9. The number of hydrogen-bond donors (Lipinski definition) is 1. The third kappa shape index (κ3) is 2.11. The first-order valence-electron chi connectivity index (χ1n) is 6.65. The maximum Gasteiger partial charge on any atom is 0.128 e. The summed E-state index contributed by atoms with van der Waals surface area (Å²) in [6.45, 7) is 1.15. The zero-order valence-corrected chi connectivity index (χ0v) is 10.5. The highest BCUT2D eigenvalue weighted by molar-refractivity contribution is 5.45. The molecule has 0 aliphatic heterocycles. The third-order valence-corrected chi connectivity index (χ3v) is 4.55. The largest absolute Gasteiger partial charge is 0.397 e. The van der Waals surface area contributed by atoms with E-state index in [0.717, 1.165) is 35.8 Å². The number of nitrogen functional groups attached to an aromatic ring is 1. The zero-order valence-electron chi connectivity index (χ0n) is 10.5. The van der Waals surface area contributed by atoms with Crippen LogP contribution in [-0.2, 0) is 0 Å². The minimum Gasteiger partial charge on any atom is -0.397 e. The van der Waals surface area contributed by atoms with Crippen LogP contribution in [0.1, 0.15) is 25.7 Å². The van der Waals surface area contributed by atoms with Crippen LogP contribution in [0.2, 0.25) is 0 Å². The quantitative estimate of drug-likeness (QED) is 0.869. The minimum atomic E-state index is 0.738. The van der Waals surface area contributed by atoms with Gasteiger partial charge in [-0.05, 0) is 49.1 Å². The molecule has 0 amide bonds. The van der Waals surface area contributed by atoms with E-state index in [4.69, 9.17) is 5.73 Å². The highest BCUT2D eigenvalue weighted by Crippen LogP contribution is 2.48. The van der Waals surface area contributed by atoms with Crippen LogP contribution in [0, 0.1) is 17.8 Å². The van der Waals surface area contributed by atoms with Gasteiger partial charge in [-0.25, -0.2) is 4.98 Å². The molecule has 1 aromatic heterocycles. The molecule has 2 aliphatic carbocycles. The topological polar surface area (TPSA) is 42.1 Å². The van der Waals surface area contributed by atoms with Gasteiger partial charge in [0.2, 0.25) is 0 Å². The summed E-state index contributed by atoms with van der Waals surface area (Å²) in [6, 6.07) is 3.95. The van der Waals surface area contributed by atoms with Crippen LogP contribution in [-0.4, -0.2) is 18.6 Å². The van der Waals surface area contributed by atoms with E-state index >= 15 is 0 Å². The number of nitrogens with zero attached hydrogens (tertiary/aromatic N) is 2. The monoisotopic (exact) mass is 231 g/mol. The minimum absolute atomic E-state index is 0.738. The molecule has 2 N–H and O–H groups in total. The molecule has 3 unspecified atom stereocenters. The fraction of sp³-hybridized carbons (Fsp3) is 0.643. The average Bonchev–Trinajstić information content (AvgIpc) is 2.91. The van der Waals surface area contributed by atoms with Crippen molar-refractivity contribution < 1.29 is 0 Å². The number of aromatic nitrogens is 1. The molecule has 0 spiro atoms. The highest BCUT2D eigenvalue weighted by Gasteiger charge is 2.39. The smallest absolute Gasteiger partial charge is 0.128 e. The van der Waals surface area contributed by atoms with Crippen LogP contribution in [0.15, 0.2) is 18.3 Å². The summed E-state index contributed by atoms with van der Waals surface area (Å²) >= 11 is 0. The molecule has 92 valence electrons. The predicted octanol–water partition coefficient (Wildman–Crippen LogP) is 2.54. The SMILES string of the molecule is CN(CC1CC2CCC1C2)c1ccc(N)cn1. The summed E-state index contributed by atoms with van der Waals surface area (Å²) in [5.74, 6) is 3.94. The molecule has 3 atom stereocenters. The summed E-state index contributed by atoms with van der Waals surface area (Å²) in [5, 5.41) is 0. The standard InChI is InChI=1S/C14H21N3/c1-17(14-5-4-13(15)8-16-14)9-12-7-10-2-3-11(12)6-10/h4-5,8,10-12H,2-3,6-7,9,15H2,1H3. The molecule has 2 aliphatic rings. The van der Waals surface area contributed by atoms with Gasteiger partial charge in [0.25, 0.3) is 0 Å². The van der Waals surface area contributed by atoms with Crippen LogP contribution in [0.5, 0.6) is 0 Å². The van der Waals surface area contributed by atoms with E-state index in [0.29, 0.717) is 0 Å². The summed E-state index contributed by atoms with van der Waals surface area (Å²) in [7, 11) is 2.14. The second-order valence-electron chi connectivity index (χ2n) is 5.77. The first-order chi connectivity index (χ1) is 8.22. The highest BCUT2D eigenvalue weighted by atomic mass is 15.2. The van der Waals surface area contributed by atoms with Crippen molar-refractivity contribution >= 4 is 11.5 Å². The van der Waals surface area contributed by atoms with Crippen molar-refractivity contribution in [2.45, 2.75) is 25.7 Å². The molecule has 0 aromatic carbocycles. The molecule has 2 saturated carbocycles. The molecule has 1 heterocycles. The fourth-order valence-electron chi connectivity index (χ4n) is 3.67. The van der Waals surface area contributed by atoms with Gasteiger partial charge in [-0.2, -0.15) is 0 Å². The van der Waals surface area contributed by atoms with Gasteiger partial charge in [-0.15, -0.1) is 0 Å². The van der Waals surface area contributed by atoms with E-state index in [-0.39, 0.29) is 0 Å². The van der Waals surface area contributed by atoms with Gasteiger partial charge in [-0.1, -0.05) is 6.42 Å². The Kier molecular flexibility index (Phi) is 2.69. The van der Waals surface area contributed by atoms with E-state index in [2.05, 4.69) is 16.9 Å². The molecule has 2 fully saturated rings. The Morgan fingerprint density at radius 1 is 1.35 bits per heavy atom. The fourth-order valence-corrected chi connectivity index (χ4v) is 3.67. The number of nitrogens with two attached hydrogens (primary N) is 1. The number of fused-ring (bicyclic) bond motifs is 2. The Morgan fingerprint density at radius 3 is 2.82 bits per heavy atom. The molecule has 2 bridgehead atoms. The summed E-state index contributed by atoms with van der Waals surface area (Å²) < 4.78 is 0. The van der Waals surface area contributed by atoms with Crippen molar-refractivity contribution in [2.75, 3.05) is 24.2 Å². The van der Waals surface area contributed by atoms with E-state index in [1.807, 2.05) is 12.1 Å². The lowest BCUT2D eigenvalue weighted by molar-refractivity contribution is 0.337. The Hall–Kier alpha value is -1.25. The van der Waals surface area contributed by atoms with Crippen molar-refractivity contribution in [3.63, 3.8) is 0 Å². The Balaban J connectivity index is 1.63. The van der Waals surface area contributed by atoms with Crippen LogP contribution < -0.4 is 10.6 Å². The molecule has 1 aromatic rings. The average molecular weight is 231 g/mol. The van der Waals surface area contributed by atoms with Crippen molar-refractivity contribution in [3.8, 4) is 0 Å². The Morgan fingerprint density at radius 2 is 2.24 bits per heavy atom. The van der Waals surface area contributed by atoms with Gasteiger partial charge in [0.15, 0.2) is 0 Å². The van der Waals surface area contributed by atoms with Crippen LogP contribution in [0.3, 0.4) is 0 Å². The molecular weight excluding hydrogens is 210 g/mol. The molecule has 3 nitrogen and oxygen atoms in total. The van der Waals surface area contributed by atoms with Crippen LogP contribution in [0.25, 0.3) is 0 Å². The number of pyridine rings is 1. The predicted molar refractivity (Wildman–Crippen MR) is 70.9 cm³/mol. The molecule has 0 radical (unpaired) electrons. The van der Waals surface area contributed by atoms with Crippen LogP contribution >= 0.6 is 0 Å². The number of rotatable bonds is 3. The van der Waals surface area contributed by atoms with E-state index < -0.39 is 0 Å². The normalized spacial score (nSPS) is 30.8. The molecule has 0 saturated heterocycles. The third-order valence-electron chi connectivity index (χ3n) is 4.55. The molecule has 3 heteroatoms. The lowest BCUT2D eigenvalue weighted by atomic mass is 9.88. The van der Waals surface area contributed by atoms with E-state index in [1.165, 1.54) is 25.7 Å². The molecular formula is C14H21N3.